The van der Waals surface area contributed by atoms with E-state index in [1.54, 1.807) is 42.7 Å². The summed E-state index contributed by atoms with van der Waals surface area (Å²) >= 11 is 5.86. The first kappa shape index (κ1) is 12.6. The van der Waals surface area contributed by atoms with Gasteiger partial charge in [-0.15, -0.1) is 0 Å². The van der Waals surface area contributed by atoms with Crippen molar-refractivity contribution in [3.05, 3.63) is 74.1 Å². The highest BCUT2D eigenvalue weighted by Gasteiger charge is 2.08. The van der Waals surface area contributed by atoms with Crippen molar-refractivity contribution >= 4 is 22.5 Å². The summed E-state index contributed by atoms with van der Waals surface area (Å²) < 4.78 is 1.16. The molecule has 0 aliphatic carbocycles. The Morgan fingerprint density at radius 1 is 1.15 bits per heavy atom. The van der Waals surface area contributed by atoms with Gasteiger partial charge in [0.25, 0.3) is 5.56 Å². The molecule has 0 saturated heterocycles. The van der Waals surface area contributed by atoms with Crippen molar-refractivity contribution in [2.75, 3.05) is 0 Å². The molecule has 0 bridgehead atoms. The minimum Gasteiger partial charge on any atom is -0.307 e. The third-order valence-corrected chi connectivity index (χ3v) is 3.27. The fourth-order valence-corrected chi connectivity index (χ4v) is 2.21. The second-order valence-electron chi connectivity index (χ2n) is 4.37. The monoisotopic (exact) mass is 287 g/mol. The van der Waals surface area contributed by atoms with Gasteiger partial charge in [-0.3, -0.25) is 14.3 Å². The lowest BCUT2D eigenvalue weighted by Gasteiger charge is -2.06. The number of aromatic nitrogens is 3. The van der Waals surface area contributed by atoms with Gasteiger partial charge in [0.1, 0.15) is 0 Å². The van der Waals surface area contributed by atoms with Crippen LogP contribution < -0.4 is 11.2 Å². The predicted octanol–water partition coefficient (Wildman–Crippen LogP) is 1.79. The van der Waals surface area contributed by atoms with Gasteiger partial charge in [-0.05, 0) is 35.9 Å². The number of fused-ring (bicyclic) bond motifs is 1. The molecule has 20 heavy (non-hydrogen) atoms. The molecule has 1 aromatic carbocycles. The minimum atomic E-state index is -0.457. The number of nitrogens with one attached hydrogen (secondary N) is 1. The van der Waals surface area contributed by atoms with Gasteiger partial charge in [0.15, 0.2) is 0 Å². The molecule has 2 heterocycles. The molecule has 0 aliphatic rings. The SMILES string of the molecule is O=c1[nH]c2cc(Cl)ccc2c(=O)n1Cc1ccncc1. The molecule has 100 valence electrons. The van der Waals surface area contributed by atoms with Crippen molar-refractivity contribution in [2.24, 2.45) is 0 Å². The number of hydrogen-bond donors (Lipinski definition) is 1. The first-order chi connectivity index (χ1) is 9.65. The summed E-state index contributed by atoms with van der Waals surface area (Å²) in [5.41, 5.74) is 0.484. The van der Waals surface area contributed by atoms with Crippen LogP contribution in [0.2, 0.25) is 5.02 Å². The maximum absolute atomic E-state index is 12.3. The maximum atomic E-state index is 12.3. The molecule has 5 nitrogen and oxygen atoms in total. The zero-order chi connectivity index (χ0) is 14.1. The lowest BCUT2D eigenvalue weighted by atomic mass is 10.2. The van der Waals surface area contributed by atoms with Gasteiger partial charge in [-0.1, -0.05) is 11.6 Å². The van der Waals surface area contributed by atoms with Crippen LogP contribution in [0.4, 0.5) is 0 Å². The molecule has 2 aromatic heterocycles. The Morgan fingerprint density at radius 2 is 1.90 bits per heavy atom. The van der Waals surface area contributed by atoms with Gasteiger partial charge in [-0.2, -0.15) is 0 Å². The Labute approximate surface area is 118 Å². The molecule has 0 unspecified atom stereocenters. The van der Waals surface area contributed by atoms with Crippen LogP contribution in [0.3, 0.4) is 0 Å². The molecule has 6 heteroatoms. The summed E-state index contributed by atoms with van der Waals surface area (Å²) in [7, 11) is 0. The Bertz CT molecular complexity index is 884. The van der Waals surface area contributed by atoms with E-state index in [1.807, 2.05) is 0 Å². The average molecular weight is 288 g/mol. The number of hydrogen-bond acceptors (Lipinski definition) is 3. The number of rotatable bonds is 2. The van der Waals surface area contributed by atoms with Crippen molar-refractivity contribution < 1.29 is 0 Å². The zero-order valence-electron chi connectivity index (χ0n) is 10.3. The van der Waals surface area contributed by atoms with Crippen LogP contribution in [0, 0.1) is 0 Å². The standard InChI is InChI=1S/C14H10ClN3O2/c15-10-1-2-11-12(7-10)17-14(20)18(13(11)19)8-9-3-5-16-6-4-9/h1-7H,8H2,(H,17,20). The van der Waals surface area contributed by atoms with Gasteiger partial charge in [0.2, 0.25) is 0 Å². The summed E-state index contributed by atoms with van der Waals surface area (Å²) in [6.45, 7) is 0.204. The molecule has 0 saturated carbocycles. The van der Waals surface area contributed by atoms with Gasteiger partial charge in [0.05, 0.1) is 17.4 Å². The molecule has 0 radical (unpaired) electrons. The van der Waals surface area contributed by atoms with E-state index in [-0.39, 0.29) is 12.1 Å². The fourth-order valence-electron chi connectivity index (χ4n) is 2.04. The third kappa shape index (κ3) is 2.23. The zero-order valence-corrected chi connectivity index (χ0v) is 11.1. The van der Waals surface area contributed by atoms with E-state index in [0.29, 0.717) is 15.9 Å². The Morgan fingerprint density at radius 3 is 2.65 bits per heavy atom. The van der Waals surface area contributed by atoms with Crippen molar-refractivity contribution in [3.63, 3.8) is 0 Å². The van der Waals surface area contributed by atoms with E-state index >= 15 is 0 Å². The first-order valence-electron chi connectivity index (χ1n) is 5.96. The van der Waals surface area contributed by atoms with Gasteiger partial charge in [0, 0.05) is 17.4 Å². The quantitative estimate of drug-likeness (QED) is 0.781. The van der Waals surface area contributed by atoms with Crippen LogP contribution >= 0.6 is 11.6 Å². The normalized spacial score (nSPS) is 10.8. The molecule has 0 fully saturated rings. The smallest absolute Gasteiger partial charge is 0.307 e. The van der Waals surface area contributed by atoms with Crippen LogP contribution in [-0.4, -0.2) is 14.5 Å². The van der Waals surface area contributed by atoms with E-state index in [4.69, 9.17) is 11.6 Å². The topological polar surface area (TPSA) is 67.8 Å². The fraction of sp³-hybridized carbons (Fsp3) is 0.0714. The molecule has 1 N–H and O–H groups in total. The molecule has 0 aliphatic heterocycles. The minimum absolute atomic E-state index is 0.204. The highest BCUT2D eigenvalue weighted by atomic mass is 35.5. The molecule has 0 atom stereocenters. The lowest BCUT2D eigenvalue weighted by Crippen LogP contribution is -2.35. The van der Waals surface area contributed by atoms with E-state index in [9.17, 15) is 9.59 Å². The molecule has 3 aromatic rings. The Hall–Kier alpha value is -2.40. The average Bonchev–Trinajstić information content (AvgIpc) is 2.44. The number of pyridine rings is 1. The van der Waals surface area contributed by atoms with E-state index in [2.05, 4.69) is 9.97 Å². The van der Waals surface area contributed by atoms with Gasteiger partial charge < -0.3 is 4.98 Å². The van der Waals surface area contributed by atoms with Crippen LogP contribution in [0.1, 0.15) is 5.56 Å². The largest absolute Gasteiger partial charge is 0.329 e. The second kappa shape index (κ2) is 4.94. The number of H-pyrrole nitrogens is 1. The summed E-state index contributed by atoms with van der Waals surface area (Å²) in [5, 5.41) is 0.905. The van der Waals surface area contributed by atoms with Crippen molar-refractivity contribution in [3.8, 4) is 0 Å². The van der Waals surface area contributed by atoms with Crippen molar-refractivity contribution in [2.45, 2.75) is 6.54 Å². The van der Waals surface area contributed by atoms with Crippen molar-refractivity contribution in [1.82, 2.24) is 14.5 Å². The maximum Gasteiger partial charge on any atom is 0.329 e. The highest BCUT2D eigenvalue weighted by Crippen LogP contribution is 2.13. The first-order valence-corrected chi connectivity index (χ1v) is 6.34. The lowest BCUT2D eigenvalue weighted by molar-refractivity contribution is 0.711. The Balaban J connectivity index is 2.19. The summed E-state index contributed by atoms with van der Waals surface area (Å²) in [6, 6.07) is 8.33. The highest BCUT2D eigenvalue weighted by molar-refractivity contribution is 6.31. The number of nitrogens with zero attached hydrogens (tertiary/aromatic N) is 2. The van der Waals surface area contributed by atoms with E-state index in [1.165, 1.54) is 0 Å². The third-order valence-electron chi connectivity index (χ3n) is 3.03. The van der Waals surface area contributed by atoms with Crippen LogP contribution in [0.5, 0.6) is 0 Å². The molecular formula is C14H10ClN3O2. The van der Waals surface area contributed by atoms with Gasteiger partial charge in [-0.25, -0.2) is 4.79 Å². The van der Waals surface area contributed by atoms with E-state index in [0.717, 1.165) is 10.1 Å². The number of aromatic amines is 1. The predicted molar refractivity (Wildman–Crippen MR) is 77.2 cm³/mol. The molecule has 3 rings (SSSR count). The van der Waals surface area contributed by atoms with Crippen LogP contribution in [0.15, 0.2) is 52.3 Å². The van der Waals surface area contributed by atoms with E-state index < -0.39 is 5.69 Å². The Kier molecular flexibility index (Phi) is 3.12. The molecule has 0 spiro atoms. The summed E-state index contributed by atoms with van der Waals surface area (Å²) in [5.74, 6) is 0. The molecule has 0 amide bonds. The van der Waals surface area contributed by atoms with Crippen LogP contribution in [0.25, 0.3) is 10.9 Å². The van der Waals surface area contributed by atoms with Crippen LogP contribution in [-0.2, 0) is 6.54 Å². The number of benzene rings is 1. The molecular weight excluding hydrogens is 278 g/mol. The van der Waals surface area contributed by atoms with Crippen molar-refractivity contribution in [1.29, 1.82) is 0 Å². The summed E-state index contributed by atoms with van der Waals surface area (Å²) in [4.78, 5) is 30.9. The van der Waals surface area contributed by atoms with Gasteiger partial charge >= 0.3 is 5.69 Å². The second-order valence-corrected chi connectivity index (χ2v) is 4.80. The summed E-state index contributed by atoms with van der Waals surface area (Å²) in [6.07, 6.45) is 3.24. The number of halogens is 1.